The Kier molecular flexibility index (Phi) is 5.37. The van der Waals surface area contributed by atoms with Crippen LogP contribution in [0.15, 0.2) is 23.5 Å². The molecular formula is C19H32N6O. The fraction of sp³-hybridized carbons (Fsp3) is 0.737. The number of rotatable bonds is 4. The van der Waals surface area contributed by atoms with E-state index in [1.54, 1.807) is 19.5 Å². The number of anilines is 1. The van der Waals surface area contributed by atoms with E-state index in [2.05, 4.69) is 51.3 Å². The lowest BCUT2D eigenvalue weighted by molar-refractivity contribution is -0.176. The zero-order valence-corrected chi connectivity index (χ0v) is 16.6. The largest absolute Gasteiger partial charge is 0.378 e. The van der Waals surface area contributed by atoms with Crippen molar-refractivity contribution in [1.29, 1.82) is 0 Å². The lowest BCUT2D eigenvalue weighted by Crippen LogP contribution is -2.70. The average Bonchev–Trinajstić information content (AvgIpc) is 2.67. The molecule has 1 aliphatic heterocycles. The first kappa shape index (κ1) is 18.9. The van der Waals surface area contributed by atoms with Gasteiger partial charge in [-0.25, -0.2) is 9.97 Å². The second kappa shape index (κ2) is 7.39. The molecule has 0 aromatic carbocycles. The van der Waals surface area contributed by atoms with Crippen molar-refractivity contribution in [3.8, 4) is 0 Å². The van der Waals surface area contributed by atoms with Gasteiger partial charge >= 0.3 is 0 Å². The van der Waals surface area contributed by atoms with Crippen LogP contribution in [-0.2, 0) is 4.74 Å². The molecular weight excluding hydrogens is 328 g/mol. The SMILES string of the molecule is CN=C(NC1CCCN(c2ncccn2)C1)NC1CC(C)(OC)C1(C)C. The topological polar surface area (TPSA) is 74.7 Å². The third-order valence-electron chi connectivity index (χ3n) is 6.41. The van der Waals surface area contributed by atoms with Crippen LogP contribution in [0.1, 0.15) is 40.0 Å². The van der Waals surface area contributed by atoms with Gasteiger partial charge in [0, 0.05) is 57.1 Å². The van der Waals surface area contributed by atoms with Crippen LogP contribution in [0.4, 0.5) is 5.95 Å². The van der Waals surface area contributed by atoms with Crippen LogP contribution in [0.3, 0.4) is 0 Å². The minimum atomic E-state index is -0.0875. The van der Waals surface area contributed by atoms with E-state index in [1.165, 1.54) is 0 Å². The highest BCUT2D eigenvalue weighted by Gasteiger charge is 2.58. The number of hydrogen-bond donors (Lipinski definition) is 2. The summed E-state index contributed by atoms with van der Waals surface area (Å²) in [5.74, 6) is 1.67. The minimum absolute atomic E-state index is 0.0514. The molecule has 0 bridgehead atoms. The summed E-state index contributed by atoms with van der Waals surface area (Å²) in [6.45, 7) is 8.56. The molecule has 3 rings (SSSR count). The van der Waals surface area contributed by atoms with E-state index < -0.39 is 0 Å². The van der Waals surface area contributed by atoms with Gasteiger partial charge in [0.15, 0.2) is 5.96 Å². The second-order valence-corrected chi connectivity index (χ2v) is 8.11. The molecule has 3 unspecified atom stereocenters. The summed E-state index contributed by atoms with van der Waals surface area (Å²) in [5.41, 5.74) is -0.0361. The molecule has 2 heterocycles. The number of ether oxygens (including phenoxy) is 1. The Labute approximate surface area is 156 Å². The van der Waals surface area contributed by atoms with Crippen LogP contribution in [0.5, 0.6) is 0 Å². The lowest BCUT2D eigenvalue weighted by Gasteiger charge is -2.59. The number of methoxy groups -OCH3 is 1. The number of nitrogens with one attached hydrogen (secondary N) is 2. The molecule has 2 N–H and O–H groups in total. The smallest absolute Gasteiger partial charge is 0.225 e. The lowest BCUT2D eigenvalue weighted by atomic mass is 9.56. The number of guanidine groups is 1. The van der Waals surface area contributed by atoms with Gasteiger partial charge in [0.25, 0.3) is 0 Å². The highest BCUT2D eigenvalue weighted by molar-refractivity contribution is 5.80. The average molecular weight is 361 g/mol. The van der Waals surface area contributed by atoms with E-state index in [1.807, 2.05) is 13.1 Å². The normalized spacial score (nSPS) is 31.3. The highest BCUT2D eigenvalue weighted by atomic mass is 16.5. The maximum Gasteiger partial charge on any atom is 0.225 e. The summed E-state index contributed by atoms with van der Waals surface area (Å²) in [6.07, 6.45) is 6.81. The van der Waals surface area contributed by atoms with Gasteiger partial charge in [-0.2, -0.15) is 0 Å². The van der Waals surface area contributed by atoms with Gasteiger partial charge in [-0.15, -0.1) is 0 Å². The molecule has 1 aromatic rings. The minimum Gasteiger partial charge on any atom is -0.378 e. The summed E-state index contributed by atoms with van der Waals surface area (Å²) < 4.78 is 5.73. The van der Waals surface area contributed by atoms with Crippen molar-refractivity contribution >= 4 is 11.9 Å². The van der Waals surface area contributed by atoms with E-state index in [-0.39, 0.29) is 11.0 Å². The van der Waals surface area contributed by atoms with E-state index >= 15 is 0 Å². The van der Waals surface area contributed by atoms with E-state index in [9.17, 15) is 0 Å². The van der Waals surface area contributed by atoms with Crippen molar-refractivity contribution < 1.29 is 4.74 Å². The molecule has 2 aliphatic rings. The first-order chi connectivity index (χ1) is 12.4. The molecule has 26 heavy (non-hydrogen) atoms. The van der Waals surface area contributed by atoms with Crippen LogP contribution >= 0.6 is 0 Å². The van der Waals surface area contributed by atoms with Crippen molar-refractivity contribution in [2.75, 3.05) is 32.1 Å². The number of nitrogens with zero attached hydrogens (tertiary/aromatic N) is 4. The quantitative estimate of drug-likeness (QED) is 0.630. The van der Waals surface area contributed by atoms with Crippen molar-refractivity contribution in [1.82, 2.24) is 20.6 Å². The Morgan fingerprint density at radius 3 is 2.62 bits per heavy atom. The molecule has 7 nitrogen and oxygen atoms in total. The summed E-state index contributed by atoms with van der Waals surface area (Å²) in [5, 5.41) is 7.18. The summed E-state index contributed by atoms with van der Waals surface area (Å²) in [4.78, 5) is 15.4. The standard InChI is InChI=1S/C19H32N6O/c1-18(2)15(12-19(18,3)26-5)24-16(20-4)23-14-8-6-11-25(13-14)17-21-9-7-10-22-17/h7,9-10,14-15H,6,8,11-13H2,1-5H3,(H2,20,23,24). The van der Waals surface area contributed by atoms with E-state index in [0.29, 0.717) is 12.1 Å². The molecule has 3 atom stereocenters. The van der Waals surface area contributed by atoms with Crippen LogP contribution < -0.4 is 15.5 Å². The summed E-state index contributed by atoms with van der Waals surface area (Å²) in [6, 6.07) is 2.52. The number of hydrogen-bond acceptors (Lipinski definition) is 5. The van der Waals surface area contributed by atoms with Crippen LogP contribution in [0.25, 0.3) is 0 Å². The van der Waals surface area contributed by atoms with Crippen LogP contribution in [0.2, 0.25) is 0 Å². The predicted molar refractivity (Wildman–Crippen MR) is 104 cm³/mol. The van der Waals surface area contributed by atoms with Gasteiger partial charge in [0.05, 0.1) is 5.60 Å². The van der Waals surface area contributed by atoms with Gasteiger partial charge in [-0.1, -0.05) is 13.8 Å². The Hall–Kier alpha value is -1.89. The Morgan fingerprint density at radius 1 is 1.27 bits per heavy atom. The third-order valence-corrected chi connectivity index (χ3v) is 6.41. The Bertz CT molecular complexity index is 634. The van der Waals surface area contributed by atoms with Gasteiger partial charge in [-0.05, 0) is 32.3 Å². The molecule has 0 radical (unpaired) electrons. The fourth-order valence-corrected chi connectivity index (χ4v) is 3.98. The zero-order valence-electron chi connectivity index (χ0n) is 16.6. The summed E-state index contributed by atoms with van der Waals surface area (Å²) in [7, 11) is 3.63. The monoisotopic (exact) mass is 360 g/mol. The first-order valence-electron chi connectivity index (χ1n) is 9.46. The molecule has 1 aromatic heterocycles. The molecule has 0 spiro atoms. The Balaban J connectivity index is 1.57. The van der Waals surface area contributed by atoms with Crippen molar-refractivity contribution in [2.45, 2.75) is 57.7 Å². The maximum absolute atomic E-state index is 5.73. The third kappa shape index (κ3) is 3.49. The van der Waals surface area contributed by atoms with Crippen LogP contribution in [-0.4, -0.2) is 60.9 Å². The maximum atomic E-state index is 5.73. The fourth-order valence-electron chi connectivity index (χ4n) is 3.98. The summed E-state index contributed by atoms with van der Waals surface area (Å²) >= 11 is 0. The molecule has 7 heteroatoms. The zero-order chi connectivity index (χ0) is 18.8. The van der Waals surface area contributed by atoms with Gasteiger partial charge in [0.2, 0.25) is 5.95 Å². The van der Waals surface area contributed by atoms with E-state index in [4.69, 9.17) is 4.74 Å². The van der Waals surface area contributed by atoms with Gasteiger partial charge in [-0.3, -0.25) is 4.99 Å². The number of aromatic nitrogens is 2. The van der Waals surface area contributed by atoms with Crippen molar-refractivity contribution in [3.05, 3.63) is 18.5 Å². The molecule has 1 aliphatic carbocycles. The van der Waals surface area contributed by atoms with Gasteiger partial charge < -0.3 is 20.3 Å². The molecule has 0 amide bonds. The molecule has 1 saturated heterocycles. The number of piperidine rings is 1. The predicted octanol–water partition coefficient (Wildman–Crippen LogP) is 1.81. The van der Waals surface area contributed by atoms with Crippen molar-refractivity contribution in [3.63, 3.8) is 0 Å². The molecule has 2 fully saturated rings. The second-order valence-electron chi connectivity index (χ2n) is 8.11. The first-order valence-corrected chi connectivity index (χ1v) is 9.46. The highest BCUT2D eigenvalue weighted by Crippen LogP contribution is 2.51. The number of aliphatic imine (C=N–C) groups is 1. The molecule has 144 valence electrons. The van der Waals surface area contributed by atoms with Crippen molar-refractivity contribution in [2.24, 2.45) is 10.4 Å². The molecule has 1 saturated carbocycles. The Morgan fingerprint density at radius 2 is 2.00 bits per heavy atom. The van der Waals surface area contributed by atoms with E-state index in [0.717, 1.165) is 44.3 Å². The van der Waals surface area contributed by atoms with Crippen LogP contribution in [0, 0.1) is 5.41 Å². The van der Waals surface area contributed by atoms with Gasteiger partial charge in [0.1, 0.15) is 0 Å².